The number of Topliss-reactive ketones (excluding diaryl/α,β-unsaturated/α-hetero) is 2. The summed E-state index contributed by atoms with van der Waals surface area (Å²) in [7, 11) is 6.16. The molecule has 68 heavy (non-hydrogen) atoms. The number of esters is 1. The number of fused-ring (bicyclic) bond motifs is 2. The number of aliphatic carboxylic acids is 1. The molecule has 0 aromatic heterocycles. The van der Waals surface area contributed by atoms with E-state index >= 15 is 0 Å². The lowest BCUT2D eigenvalue weighted by molar-refractivity contribution is -0.145. The van der Waals surface area contributed by atoms with Crippen LogP contribution in [0.25, 0.3) is 0 Å². The van der Waals surface area contributed by atoms with Crippen molar-refractivity contribution >= 4 is 58.8 Å². The number of ether oxygens (including phenoxy) is 3. The lowest BCUT2D eigenvalue weighted by Crippen LogP contribution is -2.18. The van der Waals surface area contributed by atoms with Crippen molar-refractivity contribution < 1.29 is 53.2 Å². The van der Waals surface area contributed by atoms with Crippen molar-refractivity contribution in [1.82, 2.24) is 10.6 Å². The molecule has 4 fully saturated rings. The number of hydrogen-bond donors (Lipinski definition) is 4. The van der Waals surface area contributed by atoms with Gasteiger partial charge in [0.25, 0.3) is 11.8 Å². The third kappa shape index (κ3) is 22.1. The van der Waals surface area contributed by atoms with Crippen LogP contribution in [0.4, 0.5) is 0 Å². The molecule has 2 saturated carbocycles. The third-order valence-electron chi connectivity index (χ3n) is 11.7. The second-order valence-electron chi connectivity index (χ2n) is 15.8. The summed E-state index contributed by atoms with van der Waals surface area (Å²) in [4.78, 5) is 68.4. The number of carbonyl (C=O) groups excluding carboxylic acids is 5. The van der Waals surface area contributed by atoms with Crippen molar-refractivity contribution in [2.24, 2.45) is 23.7 Å². The summed E-state index contributed by atoms with van der Waals surface area (Å²) >= 11 is 4.03. The maximum atomic E-state index is 12.1. The topological polar surface area (TPSA) is 195 Å². The van der Waals surface area contributed by atoms with Crippen molar-refractivity contribution in [2.75, 3.05) is 39.8 Å². The molecule has 4 N–H and O–H groups in total. The van der Waals surface area contributed by atoms with E-state index in [9.17, 15) is 28.8 Å². The zero-order chi connectivity index (χ0) is 51.6. The Morgan fingerprint density at radius 2 is 1.04 bits per heavy atom. The van der Waals surface area contributed by atoms with Crippen molar-refractivity contribution in [3.63, 3.8) is 0 Å². The molecule has 0 bridgehead atoms. The molecule has 4 aliphatic rings. The van der Waals surface area contributed by atoms with Crippen molar-refractivity contribution in [3.05, 3.63) is 58.7 Å². The number of benzene rings is 2. The summed E-state index contributed by atoms with van der Waals surface area (Å²) < 4.78 is 15.7. The van der Waals surface area contributed by atoms with Gasteiger partial charge in [0.15, 0.2) is 0 Å². The molecule has 386 valence electrons. The highest BCUT2D eigenvalue weighted by atomic mass is 32.2. The van der Waals surface area contributed by atoms with Gasteiger partial charge in [0, 0.05) is 85.4 Å². The number of thioether (sulfide) groups is 2. The maximum absolute atomic E-state index is 12.1. The molecular weight excluding hydrogens is 905 g/mol. The maximum Gasteiger partial charge on any atom is 0.306 e. The predicted molar refractivity (Wildman–Crippen MR) is 278 cm³/mol. The number of carbonyl (C=O) groups is 6. The van der Waals surface area contributed by atoms with Crippen LogP contribution >= 0.6 is 23.5 Å². The molecule has 6 atom stereocenters. The van der Waals surface area contributed by atoms with Gasteiger partial charge in [-0.25, -0.2) is 0 Å². The normalized spacial score (nSPS) is 20.1. The van der Waals surface area contributed by atoms with Gasteiger partial charge >= 0.3 is 11.9 Å². The Hall–Kier alpha value is -4.08. The minimum absolute atomic E-state index is 0.100. The van der Waals surface area contributed by atoms with Gasteiger partial charge in [-0.1, -0.05) is 86.8 Å². The average Bonchev–Trinajstić information content (AvgIpc) is 4.15. The van der Waals surface area contributed by atoms with Crippen LogP contribution in [0, 0.1) is 23.7 Å². The van der Waals surface area contributed by atoms with Gasteiger partial charge in [0.05, 0.1) is 20.8 Å². The van der Waals surface area contributed by atoms with Gasteiger partial charge in [-0.15, -0.1) is 0 Å². The molecule has 15 heteroatoms. The van der Waals surface area contributed by atoms with E-state index in [0.717, 1.165) is 81.3 Å². The number of unbranched alkanes of at least 4 members (excludes halogenated alkanes) is 3. The number of carboxylic acids is 1. The summed E-state index contributed by atoms with van der Waals surface area (Å²) in [6.45, 7) is 16.0. The highest BCUT2D eigenvalue weighted by Gasteiger charge is 2.43. The van der Waals surface area contributed by atoms with Crippen LogP contribution in [0.1, 0.15) is 171 Å². The molecule has 13 nitrogen and oxygen atoms in total. The van der Waals surface area contributed by atoms with E-state index < -0.39 is 5.97 Å². The number of amides is 2. The van der Waals surface area contributed by atoms with Gasteiger partial charge in [-0.3, -0.25) is 28.8 Å². The molecule has 2 aromatic carbocycles. The van der Waals surface area contributed by atoms with Crippen LogP contribution in [0.2, 0.25) is 0 Å². The van der Waals surface area contributed by atoms with Crippen LogP contribution < -0.4 is 20.1 Å². The Morgan fingerprint density at radius 1 is 0.618 bits per heavy atom. The first kappa shape index (κ1) is 63.9. The van der Waals surface area contributed by atoms with Crippen LogP contribution in [0.15, 0.2) is 36.4 Å². The molecule has 0 radical (unpaired) electrons. The quantitative estimate of drug-likeness (QED) is 0.0815. The standard InChI is InChI=1S/C22H29NO5S.C13H20O3S.C10H13NO3.4C2H6/c1-23-22(26)14-7-8-15(19(10-14)27-2)12-28-21(25)6-4-3-5-20-18-11-17(24)9-16(18)13-29-20;14-10-6-9-8-17-12(11(9)7-10)4-2-1-3-5-13(15)16;1-11-10(13)7-3-4-8(6-12)9(5-7)14-2;4*1-2/h7-8,10,16,18,20H,3-6,9,11-13H2,1-2H3,(H,23,26);9,11-12H,1-8H2,(H,15,16);3-5,12H,6H2,1-2H3,(H,11,13);4*1-2H3/t16-,18-,20-;9-,11-,12-;;;;;/m00...../s1. The number of rotatable bonds is 18. The lowest BCUT2D eigenvalue weighted by Gasteiger charge is -2.16. The Balaban J connectivity index is 0.000000983. The summed E-state index contributed by atoms with van der Waals surface area (Å²) in [6.07, 6.45) is 10.8. The molecule has 2 heterocycles. The largest absolute Gasteiger partial charge is 0.496 e. The first-order chi connectivity index (χ1) is 32.9. The fourth-order valence-corrected chi connectivity index (χ4v) is 12.0. The summed E-state index contributed by atoms with van der Waals surface area (Å²) in [6, 6.07) is 9.99. The fourth-order valence-electron chi connectivity index (χ4n) is 8.44. The summed E-state index contributed by atoms with van der Waals surface area (Å²) in [5.41, 5.74) is 2.41. The van der Waals surface area contributed by atoms with E-state index in [1.807, 2.05) is 78.9 Å². The third-order valence-corrected chi connectivity index (χ3v) is 15.0. The second-order valence-corrected chi connectivity index (χ2v) is 18.3. The van der Waals surface area contributed by atoms with Crippen molar-refractivity contribution in [3.8, 4) is 11.5 Å². The van der Waals surface area contributed by atoms with Gasteiger partial charge in [-0.05, 0) is 85.1 Å². The average molecular weight is 991 g/mol. The van der Waals surface area contributed by atoms with Crippen molar-refractivity contribution in [1.29, 1.82) is 0 Å². The van der Waals surface area contributed by atoms with E-state index in [-0.39, 0.29) is 31.0 Å². The second kappa shape index (κ2) is 37.8. The molecule has 0 unspecified atom stereocenters. The fraction of sp³-hybridized carbons (Fsp3) is 0.660. The molecular formula is C53H86N2O11S2. The Morgan fingerprint density at radius 3 is 1.47 bits per heavy atom. The molecule has 2 aliphatic carbocycles. The molecule has 2 saturated heterocycles. The van der Waals surface area contributed by atoms with E-state index in [1.54, 1.807) is 50.5 Å². The highest BCUT2D eigenvalue weighted by Crippen LogP contribution is 2.48. The Kier molecular flexibility index (Phi) is 35.5. The van der Waals surface area contributed by atoms with Crippen molar-refractivity contribution in [2.45, 2.75) is 163 Å². The summed E-state index contributed by atoms with van der Waals surface area (Å²) in [5, 5.41) is 23.8. The van der Waals surface area contributed by atoms with Gasteiger partial charge in [0.1, 0.15) is 29.7 Å². The van der Waals surface area contributed by atoms with E-state index in [1.165, 1.54) is 20.6 Å². The SMILES string of the molecule is CC.CC.CC.CC.CNC(=O)c1ccc(CO)c(OC)c1.CNC(=O)c1ccc(COC(=O)CCCC[C@@H]2SC[C@@H]3CC(=O)C[C@@H]32)c(OC)c1.O=C(O)CCCCC[C@@H]1SC[C@@H]2CC(=O)C[C@@H]21. The smallest absolute Gasteiger partial charge is 0.306 e. The minimum atomic E-state index is -0.693. The van der Waals surface area contributed by atoms with Crippen LogP contribution in [0.3, 0.4) is 0 Å². The Bertz CT molecular complexity index is 1790. The molecule has 2 aliphatic heterocycles. The van der Waals surface area contributed by atoms with E-state index in [2.05, 4.69) is 10.6 Å². The zero-order valence-corrected chi connectivity index (χ0v) is 45.0. The number of ketones is 2. The van der Waals surface area contributed by atoms with Gasteiger partial charge in [-0.2, -0.15) is 23.5 Å². The zero-order valence-electron chi connectivity index (χ0n) is 43.3. The molecule has 6 rings (SSSR count). The first-order valence-corrected chi connectivity index (χ1v) is 27.0. The number of nitrogens with one attached hydrogen (secondary N) is 2. The summed E-state index contributed by atoms with van der Waals surface area (Å²) in [5.74, 6) is 5.35. The number of aliphatic hydroxyl groups is 1. The van der Waals surface area contributed by atoms with Gasteiger partial charge < -0.3 is 35.1 Å². The number of methoxy groups -OCH3 is 2. The van der Waals surface area contributed by atoms with E-state index in [4.69, 9.17) is 24.4 Å². The molecule has 0 spiro atoms. The Labute approximate surface area is 417 Å². The monoisotopic (exact) mass is 991 g/mol. The number of hydrogen-bond acceptors (Lipinski definition) is 12. The van der Waals surface area contributed by atoms with Crippen LogP contribution in [-0.4, -0.2) is 95.9 Å². The van der Waals surface area contributed by atoms with Crippen LogP contribution in [-0.2, 0) is 37.1 Å². The van der Waals surface area contributed by atoms with E-state index in [0.29, 0.717) is 86.8 Å². The highest BCUT2D eigenvalue weighted by molar-refractivity contribution is 8.00. The number of carboxylic acid groups (broad SMARTS) is 1. The molecule has 2 amide bonds. The van der Waals surface area contributed by atoms with Crippen LogP contribution in [0.5, 0.6) is 11.5 Å². The first-order valence-electron chi connectivity index (χ1n) is 24.9. The molecule has 2 aromatic rings. The predicted octanol–water partition coefficient (Wildman–Crippen LogP) is 10.8. The lowest BCUT2D eigenvalue weighted by atomic mass is 9.92. The minimum Gasteiger partial charge on any atom is -0.496 e. The number of aliphatic hydroxyl groups excluding tert-OH is 1. The van der Waals surface area contributed by atoms with Gasteiger partial charge in [0.2, 0.25) is 0 Å².